The molecule has 2 saturated heterocycles. The van der Waals surface area contributed by atoms with E-state index in [0.717, 1.165) is 23.0 Å². The van der Waals surface area contributed by atoms with Crippen LogP contribution in [0.1, 0.15) is 16.8 Å². The van der Waals surface area contributed by atoms with Crippen LogP contribution in [0.15, 0.2) is 28.7 Å². The normalized spacial score (nSPS) is 27.4. The Hall–Kier alpha value is -0.870. The topological polar surface area (TPSA) is 29.5 Å². The molecule has 1 aromatic rings. The second kappa shape index (κ2) is 3.86. The zero-order chi connectivity index (χ0) is 11.1. The summed E-state index contributed by atoms with van der Waals surface area (Å²) in [6.07, 6.45) is 1.26. The van der Waals surface area contributed by atoms with Crippen molar-refractivity contribution in [2.24, 2.45) is 0 Å². The van der Waals surface area contributed by atoms with Crippen LogP contribution in [0.3, 0.4) is 0 Å². The first-order valence-corrected chi connectivity index (χ1v) is 6.22. The van der Waals surface area contributed by atoms with Crippen LogP contribution in [0.25, 0.3) is 0 Å². The Balaban J connectivity index is 1.86. The molecule has 2 bridgehead atoms. The number of halogens is 1. The Labute approximate surface area is 103 Å². The van der Waals surface area contributed by atoms with Crippen LogP contribution in [0, 0.1) is 0 Å². The van der Waals surface area contributed by atoms with E-state index in [9.17, 15) is 4.79 Å². The number of morpholine rings is 1. The average molecular weight is 282 g/mol. The quantitative estimate of drug-likeness (QED) is 0.789. The summed E-state index contributed by atoms with van der Waals surface area (Å²) in [5.74, 6) is 0.114. The summed E-state index contributed by atoms with van der Waals surface area (Å²) in [5, 5.41) is 0. The van der Waals surface area contributed by atoms with E-state index in [0.29, 0.717) is 6.61 Å². The summed E-state index contributed by atoms with van der Waals surface area (Å²) in [6, 6.07) is 7.85. The predicted molar refractivity (Wildman–Crippen MR) is 63.3 cm³/mol. The number of amides is 1. The lowest BCUT2D eigenvalue weighted by Crippen LogP contribution is -2.41. The van der Waals surface area contributed by atoms with Crippen LogP contribution >= 0.6 is 15.9 Å². The molecule has 3 nitrogen and oxygen atoms in total. The van der Waals surface area contributed by atoms with Gasteiger partial charge in [-0.1, -0.05) is 12.1 Å². The fourth-order valence-electron chi connectivity index (χ4n) is 2.44. The van der Waals surface area contributed by atoms with E-state index in [4.69, 9.17) is 4.74 Å². The van der Waals surface area contributed by atoms with Gasteiger partial charge in [0, 0.05) is 11.0 Å². The molecule has 16 heavy (non-hydrogen) atoms. The first-order valence-electron chi connectivity index (χ1n) is 5.43. The molecule has 2 aliphatic rings. The molecule has 2 atom stereocenters. The molecular formula is C12H12BrNO2. The van der Waals surface area contributed by atoms with Crippen molar-refractivity contribution in [2.45, 2.75) is 18.6 Å². The maximum atomic E-state index is 12.3. The first kappa shape index (κ1) is 10.3. The molecule has 0 aromatic heterocycles. The Morgan fingerprint density at radius 1 is 1.44 bits per heavy atom. The number of fused-ring (bicyclic) bond motifs is 2. The fourth-order valence-corrected chi connectivity index (χ4v) is 2.89. The van der Waals surface area contributed by atoms with Gasteiger partial charge in [0.2, 0.25) is 0 Å². The second-order valence-electron chi connectivity index (χ2n) is 4.28. The molecule has 0 radical (unpaired) electrons. The van der Waals surface area contributed by atoms with Gasteiger partial charge in [0.25, 0.3) is 5.91 Å². The van der Waals surface area contributed by atoms with Crippen LogP contribution in [-0.4, -0.2) is 36.1 Å². The number of rotatable bonds is 1. The van der Waals surface area contributed by atoms with Gasteiger partial charge in [-0.05, 0) is 34.5 Å². The third-order valence-corrected chi connectivity index (χ3v) is 3.96. The lowest BCUT2D eigenvalue weighted by Gasteiger charge is -2.27. The van der Waals surface area contributed by atoms with Gasteiger partial charge in [-0.2, -0.15) is 0 Å². The molecule has 84 valence electrons. The van der Waals surface area contributed by atoms with E-state index in [1.54, 1.807) is 0 Å². The Kier molecular flexibility index (Phi) is 2.48. The van der Waals surface area contributed by atoms with Crippen molar-refractivity contribution >= 4 is 21.8 Å². The Morgan fingerprint density at radius 2 is 2.25 bits per heavy atom. The number of hydrogen-bond donors (Lipinski definition) is 0. The highest BCUT2D eigenvalue weighted by molar-refractivity contribution is 9.10. The first-order chi connectivity index (χ1) is 7.75. The SMILES string of the molecule is O=C(c1ccccc1Br)N1CC2CC1CO2. The van der Waals surface area contributed by atoms with Crippen molar-refractivity contribution in [1.29, 1.82) is 0 Å². The number of carbonyl (C=O) groups is 1. The molecule has 4 heteroatoms. The zero-order valence-corrected chi connectivity index (χ0v) is 10.3. The summed E-state index contributed by atoms with van der Waals surface area (Å²) < 4.78 is 6.36. The van der Waals surface area contributed by atoms with Crippen LogP contribution in [0.4, 0.5) is 0 Å². The maximum absolute atomic E-state index is 12.3. The lowest BCUT2D eigenvalue weighted by atomic mass is 10.2. The standard InChI is InChI=1S/C12H12BrNO2/c13-11-4-2-1-3-10(11)12(15)14-6-9-5-8(14)7-16-9/h1-4,8-9H,5-7H2. The van der Waals surface area contributed by atoms with E-state index in [2.05, 4.69) is 15.9 Å². The number of likely N-dealkylation sites (tertiary alicyclic amines) is 1. The van der Waals surface area contributed by atoms with E-state index >= 15 is 0 Å². The van der Waals surface area contributed by atoms with Gasteiger partial charge in [0.05, 0.1) is 24.3 Å². The van der Waals surface area contributed by atoms with Crippen LogP contribution in [0.2, 0.25) is 0 Å². The lowest BCUT2D eigenvalue weighted by molar-refractivity contribution is 0.0258. The maximum Gasteiger partial charge on any atom is 0.255 e. The minimum Gasteiger partial charge on any atom is -0.374 e. The molecule has 1 aromatic carbocycles. The van der Waals surface area contributed by atoms with Crippen molar-refractivity contribution in [3.63, 3.8) is 0 Å². The van der Waals surface area contributed by atoms with Crippen molar-refractivity contribution in [1.82, 2.24) is 4.90 Å². The number of carbonyl (C=O) groups excluding carboxylic acids is 1. The van der Waals surface area contributed by atoms with Gasteiger partial charge in [-0.25, -0.2) is 0 Å². The smallest absolute Gasteiger partial charge is 0.255 e. The van der Waals surface area contributed by atoms with Crippen molar-refractivity contribution in [3.05, 3.63) is 34.3 Å². The van der Waals surface area contributed by atoms with Gasteiger partial charge in [-0.15, -0.1) is 0 Å². The number of hydrogen-bond acceptors (Lipinski definition) is 2. The third kappa shape index (κ3) is 1.57. The predicted octanol–water partition coefficient (Wildman–Crippen LogP) is 2.06. The van der Waals surface area contributed by atoms with Crippen LogP contribution < -0.4 is 0 Å². The summed E-state index contributed by atoms with van der Waals surface area (Å²) in [4.78, 5) is 14.2. The van der Waals surface area contributed by atoms with Gasteiger partial charge >= 0.3 is 0 Å². The molecule has 2 aliphatic heterocycles. The number of benzene rings is 1. The molecule has 0 spiro atoms. The molecular weight excluding hydrogens is 270 g/mol. The molecule has 2 fully saturated rings. The minimum atomic E-state index is 0.114. The van der Waals surface area contributed by atoms with Crippen molar-refractivity contribution < 1.29 is 9.53 Å². The van der Waals surface area contributed by atoms with E-state index in [-0.39, 0.29) is 18.1 Å². The number of ether oxygens (including phenoxy) is 1. The molecule has 2 heterocycles. The monoisotopic (exact) mass is 281 g/mol. The van der Waals surface area contributed by atoms with Crippen LogP contribution in [0.5, 0.6) is 0 Å². The Morgan fingerprint density at radius 3 is 2.88 bits per heavy atom. The minimum absolute atomic E-state index is 0.114. The Bertz CT molecular complexity index is 435. The highest BCUT2D eigenvalue weighted by atomic mass is 79.9. The number of nitrogens with zero attached hydrogens (tertiary/aromatic N) is 1. The molecule has 2 unspecified atom stereocenters. The summed E-state index contributed by atoms with van der Waals surface area (Å²) >= 11 is 3.42. The van der Waals surface area contributed by atoms with Gasteiger partial charge in [-0.3, -0.25) is 4.79 Å². The van der Waals surface area contributed by atoms with Crippen LogP contribution in [-0.2, 0) is 4.74 Å². The second-order valence-corrected chi connectivity index (χ2v) is 5.14. The van der Waals surface area contributed by atoms with Gasteiger partial charge in [0.1, 0.15) is 0 Å². The van der Waals surface area contributed by atoms with E-state index < -0.39 is 0 Å². The highest BCUT2D eigenvalue weighted by Gasteiger charge is 2.41. The summed E-state index contributed by atoms with van der Waals surface area (Å²) in [7, 11) is 0. The molecule has 0 N–H and O–H groups in total. The van der Waals surface area contributed by atoms with Crippen molar-refractivity contribution in [2.75, 3.05) is 13.2 Å². The third-order valence-electron chi connectivity index (χ3n) is 3.27. The van der Waals surface area contributed by atoms with Crippen molar-refractivity contribution in [3.8, 4) is 0 Å². The molecule has 3 rings (SSSR count). The van der Waals surface area contributed by atoms with Gasteiger partial charge in [0.15, 0.2) is 0 Å². The van der Waals surface area contributed by atoms with Gasteiger partial charge < -0.3 is 9.64 Å². The van der Waals surface area contributed by atoms with E-state index in [1.165, 1.54) is 0 Å². The largest absolute Gasteiger partial charge is 0.374 e. The fraction of sp³-hybridized carbons (Fsp3) is 0.417. The molecule has 0 saturated carbocycles. The summed E-state index contributed by atoms with van der Waals surface area (Å²) in [5.41, 5.74) is 0.745. The average Bonchev–Trinajstić information content (AvgIpc) is 2.90. The van der Waals surface area contributed by atoms with E-state index in [1.807, 2.05) is 29.2 Å². The zero-order valence-electron chi connectivity index (χ0n) is 8.73. The molecule has 0 aliphatic carbocycles. The highest BCUT2D eigenvalue weighted by Crippen LogP contribution is 2.30. The summed E-state index contributed by atoms with van der Waals surface area (Å²) in [6.45, 7) is 1.44. The molecule has 1 amide bonds.